The van der Waals surface area contributed by atoms with Crippen molar-refractivity contribution < 1.29 is 23.0 Å². The molecule has 2 N–H and O–H groups in total. The fraction of sp³-hybridized carbons (Fsp3) is 0.318. The van der Waals surface area contributed by atoms with Crippen LogP contribution in [0.3, 0.4) is 0 Å². The van der Waals surface area contributed by atoms with Gasteiger partial charge in [0.15, 0.2) is 17.5 Å². The number of furan rings is 1. The topological polar surface area (TPSA) is 77.3 Å². The lowest BCUT2D eigenvalue weighted by molar-refractivity contribution is 0.324. The van der Waals surface area contributed by atoms with Gasteiger partial charge >= 0.3 is 0 Å². The van der Waals surface area contributed by atoms with E-state index in [2.05, 4.69) is 15.6 Å². The molecule has 3 rings (SSSR count). The van der Waals surface area contributed by atoms with E-state index in [1.54, 1.807) is 39.5 Å². The average molecular weight is 543 g/mol. The van der Waals surface area contributed by atoms with Crippen LogP contribution in [0.25, 0.3) is 11.0 Å². The fourth-order valence-corrected chi connectivity index (χ4v) is 3.14. The molecule has 0 radical (unpaired) electrons. The first-order valence-electron chi connectivity index (χ1n) is 9.53. The summed E-state index contributed by atoms with van der Waals surface area (Å²) in [5.41, 5.74) is 2.23. The van der Waals surface area contributed by atoms with E-state index in [1.807, 2.05) is 13.8 Å². The van der Waals surface area contributed by atoms with E-state index in [1.165, 1.54) is 12.1 Å². The third kappa shape index (κ3) is 5.52. The molecule has 0 aliphatic carbocycles. The Balaban J connectivity index is 0.00000341. The molecule has 0 saturated heterocycles. The maximum atomic E-state index is 13.5. The van der Waals surface area contributed by atoms with Crippen LogP contribution in [0.5, 0.6) is 17.2 Å². The molecule has 0 aliphatic heterocycles. The Labute approximate surface area is 198 Å². The van der Waals surface area contributed by atoms with Crippen molar-refractivity contribution in [3.05, 3.63) is 47.5 Å². The van der Waals surface area contributed by atoms with E-state index in [9.17, 15) is 4.39 Å². The van der Waals surface area contributed by atoms with Crippen LogP contribution in [0.4, 0.5) is 10.1 Å². The van der Waals surface area contributed by atoms with Crippen LogP contribution in [0.2, 0.25) is 0 Å². The van der Waals surface area contributed by atoms with Gasteiger partial charge in [-0.05, 0) is 32.0 Å². The summed E-state index contributed by atoms with van der Waals surface area (Å²) in [6, 6.07) is 8.08. The number of guanidine groups is 1. The van der Waals surface area contributed by atoms with Crippen LogP contribution in [0, 0.1) is 12.7 Å². The van der Waals surface area contributed by atoms with Crippen LogP contribution in [-0.4, -0.2) is 33.8 Å². The van der Waals surface area contributed by atoms with Gasteiger partial charge in [0.05, 0.1) is 21.3 Å². The number of hydrogen-bond acceptors (Lipinski definition) is 5. The quantitative estimate of drug-likeness (QED) is 0.245. The van der Waals surface area contributed by atoms with E-state index < -0.39 is 0 Å². The second-order valence-electron chi connectivity index (χ2n) is 6.52. The largest absolute Gasteiger partial charge is 0.493 e. The lowest BCUT2D eigenvalue weighted by Crippen LogP contribution is -2.30. The monoisotopic (exact) mass is 543 g/mol. The summed E-state index contributed by atoms with van der Waals surface area (Å²) >= 11 is 0. The van der Waals surface area contributed by atoms with Gasteiger partial charge in [0, 0.05) is 35.3 Å². The van der Waals surface area contributed by atoms with Crippen molar-refractivity contribution in [2.75, 3.05) is 33.2 Å². The summed E-state index contributed by atoms with van der Waals surface area (Å²) in [5.74, 6) is 2.52. The number of aryl methyl sites for hydroxylation is 1. The molecular formula is C22H27FIN3O4. The number of fused-ring (bicyclic) bond motifs is 1. The SMILES string of the molecule is CCNC(=NCc1oc2ccc(F)cc2c1C)Nc1cc(OC)c(OC)c(OC)c1.I. The van der Waals surface area contributed by atoms with Gasteiger partial charge in [-0.1, -0.05) is 0 Å². The first-order chi connectivity index (χ1) is 14.5. The Kier molecular flexibility index (Phi) is 8.78. The minimum atomic E-state index is -0.293. The molecule has 0 amide bonds. The minimum Gasteiger partial charge on any atom is -0.493 e. The molecule has 0 bridgehead atoms. The van der Waals surface area contributed by atoms with Gasteiger partial charge < -0.3 is 29.3 Å². The molecule has 31 heavy (non-hydrogen) atoms. The number of aliphatic imine (C=N–C) groups is 1. The van der Waals surface area contributed by atoms with Gasteiger partial charge in [0.1, 0.15) is 23.7 Å². The first kappa shape index (κ1) is 24.6. The van der Waals surface area contributed by atoms with Crippen LogP contribution in [0.15, 0.2) is 39.7 Å². The highest BCUT2D eigenvalue weighted by atomic mass is 127. The number of hydrogen-bond donors (Lipinski definition) is 2. The lowest BCUT2D eigenvalue weighted by Gasteiger charge is -2.16. The van der Waals surface area contributed by atoms with E-state index in [0.717, 1.165) is 10.9 Å². The van der Waals surface area contributed by atoms with Crippen molar-refractivity contribution in [1.82, 2.24) is 5.32 Å². The van der Waals surface area contributed by atoms with Gasteiger partial charge in [0.2, 0.25) is 5.75 Å². The number of ether oxygens (including phenoxy) is 3. The smallest absolute Gasteiger partial charge is 0.203 e. The average Bonchev–Trinajstić information content (AvgIpc) is 3.06. The fourth-order valence-electron chi connectivity index (χ4n) is 3.14. The maximum Gasteiger partial charge on any atom is 0.203 e. The first-order valence-corrected chi connectivity index (χ1v) is 9.53. The van der Waals surface area contributed by atoms with Crippen molar-refractivity contribution in [1.29, 1.82) is 0 Å². The molecule has 0 spiro atoms. The highest BCUT2D eigenvalue weighted by Gasteiger charge is 2.15. The Morgan fingerprint density at radius 2 is 1.74 bits per heavy atom. The van der Waals surface area contributed by atoms with Crippen LogP contribution in [0.1, 0.15) is 18.2 Å². The zero-order valence-electron chi connectivity index (χ0n) is 18.2. The molecule has 7 nitrogen and oxygen atoms in total. The second-order valence-corrected chi connectivity index (χ2v) is 6.52. The van der Waals surface area contributed by atoms with E-state index >= 15 is 0 Å². The van der Waals surface area contributed by atoms with Crippen molar-refractivity contribution >= 4 is 46.6 Å². The number of anilines is 1. The summed E-state index contributed by atoms with van der Waals surface area (Å²) in [4.78, 5) is 4.61. The third-order valence-corrected chi connectivity index (χ3v) is 4.65. The van der Waals surface area contributed by atoms with E-state index in [-0.39, 0.29) is 29.8 Å². The number of halogens is 2. The van der Waals surface area contributed by atoms with Crippen LogP contribution >= 0.6 is 24.0 Å². The van der Waals surface area contributed by atoms with Gasteiger partial charge in [0.25, 0.3) is 0 Å². The number of benzene rings is 2. The highest BCUT2D eigenvalue weighted by Crippen LogP contribution is 2.39. The standard InChI is InChI=1S/C22H26FN3O4.HI/c1-6-24-22(26-15-10-18(27-3)21(29-5)19(11-15)28-4)25-12-20-13(2)16-9-14(23)7-8-17(16)30-20;/h7-11H,6,12H2,1-5H3,(H2,24,25,26);1H. The van der Waals surface area contributed by atoms with Crippen molar-refractivity contribution in [2.24, 2.45) is 4.99 Å². The molecule has 0 saturated carbocycles. The van der Waals surface area contributed by atoms with Gasteiger partial charge in [-0.25, -0.2) is 9.38 Å². The molecule has 0 atom stereocenters. The Bertz CT molecular complexity index is 1040. The molecular weight excluding hydrogens is 516 g/mol. The van der Waals surface area contributed by atoms with E-state index in [4.69, 9.17) is 18.6 Å². The summed E-state index contributed by atoms with van der Waals surface area (Å²) in [6.07, 6.45) is 0. The van der Waals surface area contributed by atoms with Crippen molar-refractivity contribution in [3.8, 4) is 17.2 Å². The van der Waals surface area contributed by atoms with Crippen LogP contribution < -0.4 is 24.8 Å². The third-order valence-electron chi connectivity index (χ3n) is 4.65. The zero-order valence-corrected chi connectivity index (χ0v) is 20.5. The lowest BCUT2D eigenvalue weighted by atomic mass is 10.1. The zero-order chi connectivity index (χ0) is 21.7. The maximum absolute atomic E-state index is 13.5. The summed E-state index contributed by atoms with van der Waals surface area (Å²) in [7, 11) is 4.68. The molecule has 2 aromatic carbocycles. The number of methoxy groups -OCH3 is 3. The van der Waals surface area contributed by atoms with Crippen LogP contribution in [-0.2, 0) is 6.54 Å². The molecule has 168 valence electrons. The minimum absolute atomic E-state index is 0. The molecule has 1 aromatic heterocycles. The number of rotatable bonds is 7. The normalized spacial score (nSPS) is 11.1. The van der Waals surface area contributed by atoms with Gasteiger partial charge in [-0.3, -0.25) is 0 Å². The highest BCUT2D eigenvalue weighted by molar-refractivity contribution is 14.0. The molecule has 0 fully saturated rings. The van der Waals surface area contributed by atoms with E-state index in [0.29, 0.717) is 53.3 Å². The van der Waals surface area contributed by atoms with Crippen molar-refractivity contribution in [3.63, 3.8) is 0 Å². The number of nitrogens with zero attached hydrogens (tertiary/aromatic N) is 1. The molecule has 0 unspecified atom stereocenters. The van der Waals surface area contributed by atoms with Crippen molar-refractivity contribution in [2.45, 2.75) is 20.4 Å². The number of nitrogens with one attached hydrogen (secondary N) is 2. The summed E-state index contributed by atoms with van der Waals surface area (Å²) in [5, 5.41) is 7.18. The summed E-state index contributed by atoms with van der Waals surface area (Å²) < 4.78 is 35.5. The predicted molar refractivity (Wildman–Crippen MR) is 131 cm³/mol. The molecule has 0 aliphatic rings. The molecule has 1 heterocycles. The predicted octanol–water partition coefficient (Wildman–Crippen LogP) is 5.10. The second kappa shape index (κ2) is 11.1. The Hall–Kier alpha value is -2.69. The summed E-state index contributed by atoms with van der Waals surface area (Å²) in [6.45, 7) is 4.83. The Morgan fingerprint density at radius 1 is 1.06 bits per heavy atom. The molecule has 3 aromatic rings. The van der Waals surface area contributed by atoms with Gasteiger partial charge in [-0.2, -0.15) is 0 Å². The Morgan fingerprint density at radius 3 is 2.32 bits per heavy atom. The van der Waals surface area contributed by atoms with Gasteiger partial charge in [-0.15, -0.1) is 24.0 Å². The molecule has 9 heteroatoms.